The van der Waals surface area contributed by atoms with Crippen LogP contribution in [0.25, 0.3) is 16.8 Å². The van der Waals surface area contributed by atoms with Crippen LogP contribution in [0.4, 0.5) is 0 Å². The summed E-state index contributed by atoms with van der Waals surface area (Å²) in [5.74, 6) is 0.533. The third kappa shape index (κ3) is 3.64. The molecule has 0 aliphatic heterocycles. The fourth-order valence-electron chi connectivity index (χ4n) is 3.20. The quantitative estimate of drug-likeness (QED) is 0.487. The molecule has 1 atom stereocenters. The molecule has 9 nitrogen and oxygen atoms in total. The first-order valence-corrected chi connectivity index (χ1v) is 9.27. The van der Waals surface area contributed by atoms with Gasteiger partial charge in [0.15, 0.2) is 0 Å². The van der Waals surface area contributed by atoms with E-state index in [2.05, 4.69) is 20.7 Å². The molecule has 0 spiro atoms. The number of tetrazole rings is 1. The maximum Gasteiger partial charge on any atom is 0.254 e. The lowest BCUT2D eigenvalue weighted by atomic mass is 10.00. The van der Waals surface area contributed by atoms with Crippen molar-refractivity contribution >= 4 is 5.91 Å². The van der Waals surface area contributed by atoms with E-state index in [4.69, 9.17) is 9.26 Å². The molecule has 4 rings (SSSR count). The van der Waals surface area contributed by atoms with Gasteiger partial charge in [-0.2, -0.15) is 0 Å². The largest absolute Gasteiger partial charge is 0.496 e. The van der Waals surface area contributed by atoms with Crippen molar-refractivity contribution in [2.45, 2.75) is 13.0 Å². The topological polar surface area (TPSA) is 99.2 Å². The predicted octanol–water partition coefficient (Wildman–Crippen LogP) is 3.16. The van der Waals surface area contributed by atoms with E-state index in [0.717, 1.165) is 11.1 Å². The summed E-state index contributed by atoms with van der Waals surface area (Å²) in [4.78, 5) is 14.9. The minimum atomic E-state index is -0.261. The molecule has 9 heteroatoms. The SMILES string of the molecule is COc1ccccc1-c1cc(C(=O)N(C)C(C)c2ccon2)cc(-n2cnnn2)c1. The van der Waals surface area contributed by atoms with Gasteiger partial charge in [0.1, 0.15) is 24.0 Å². The molecule has 152 valence electrons. The number of carbonyl (C=O) groups excluding carboxylic acids is 1. The second kappa shape index (κ2) is 8.16. The third-order valence-corrected chi connectivity index (χ3v) is 4.98. The molecule has 4 aromatic rings. The smallest absolute Gasteiger partial charge is 0.254 e. The van der Waals surface area contributed by atoms with Crippen molar-refractivity contribution in [1.29, 1.82) is 0 Å². The molecule has 1 unspecified atom stereocenters. The molecule has 0 fully saturated rings. The Bertz CT molecular complexity index is 1140. The highest BCUT2D eigenvalue weighted by atomic mass is 16.5. The van der Waals surface area contributed by atoms with Gasteiger partial charge in [0.25, 0.3) is 5.91 Å². The Morgan fingerprint density at radius 2 is 2.03 bits per heavy atom. The summed E-state index contributed by atoms with van der Waals surface area (Å²) in [5, 5.41) is 15.3. The molecule has 0 saturated carbocycles. The summed E-state index contributed by atoms with van der Waals surface area (Å²) in [5.41, 5.74) is 3.49. The number of para-hydroxylation sites is 1. The van der Waals surface area contributed by atoms with Crippen LogP contribution < -0.4 is 4.74 Å². The van der Waals surface area contributed by atoms with Gasteiger partial charge < -0.3 is 14.2 Å². The average Bonchev–Trinajstić information content (AvgIpc) is 3.51. The summed E-state index contributed by atoms with van der Waals surface area (Å²) in [7, 11) is 3.34. The van der Waals surface area contributed by atoms with Crippen LogP contribution in [0.15, 0.2) is 65.6 Å². The maximum absolute atomic E-state index is 13.3. The van der Waals surface area contributed by atoms with Crippen LogP contribution in [0.5, 0.6) is 5.75 Å². The average molecular weight is 404 g/mol. The van der Waals surface area contributed by atoms with Gasteiger partial charge in [0.05, 0.1) is 18.8 Å². The third-order valence-electron chi connectivity index (χ3n) is 4.98. The van der Waals surface area contributed by atoms with Crippen molar-refractivity contribution in [2.24, 2.45) is 0 Å². The van der Waals surface area contributed by atoms with E-state index in [1.54, 1.807) is 31.2 Å². The van der Waals surface area contributed by atoms with Crippen molar-refractivity contribution in [2.75, 3.05) is 14.2 Å². The summed E-state index contributed by atoms with van der Waals surface area (Å²) >= 11 is 0. The molecule has 0 N–H and O–H groups in total. The molecule has 0 bridgehead atoms. The summed E-state index contributed by atoms with van der Waals surface area (Å²) in [6.07, 6.45) is 2.97. The Labute approximate surface area is 172 Å². The van der Waals surface area contributed by atoms with E-state index in [0.29, 0.717) is 22.7 Å². The van der Waals surface area contributed by atoms with Crippen LogP contribution in [0.2, 0.25) is 0 Å². The second-order valence-electron chi connectivity index (χ2n) is 6.74. The summed E-state index contributed by atoms with van der Waals surface area (Å²) in [6.45, 7) is 1.89. The minimum Gasteiger partial charge on any atom is -0.496 e. The van der Waals surface area contributed by atoms with Crippen molar-refractivity contribution in [1.82, 2.24) is 30.3 Å². The lowest BCUT2D eigenvalue weighted by Gasteiger charge is -2.24. The number of aromatic nitrogens is 5. The van der Waals surface area contributed by atoms with E-state index < -0.39 is 0 Å². The molecule has 1 amide bonds. The fraction of sp³-hybridized carbons (Fsp3) is 0.190. The van der Waals surface area contributed by atoms with Crippen molar-refractivity contribution in [3.63, 3.8) is 0 Å². The minimum absolute atomic E-state index is 0.170. The van der Waals surface area contributed by atoms with Gasteiger partial charge in [-0.25, -0.2) is 4.68 Å². The zero-order valence-corrected chi connectivity index (χ0v) is 16.8. The van der Waals surface area contributed by atoms with Gasteiger partial charge in [0.2, 0.25) is 0 Å². The lowest BCUT2D eigenvalue weighted by molar-refractivity contribution is 0.0737. The van der Waals surface area contributed by atoms with Crippen LogP contribution in [-0.4, -0.2) is 50.3 Å². The van der Waals surface area contributed by atoms with Crippen molar-refractivity contribution in [3.05, 3.63) is 72.4 Å². The first-order valence-electron chi connectivity index (χ1n) is 9.27. The number of hydrogen-bond acceptors (Lipinski definition) is 7. The van der Waals surface area contributed by atoms with E-state index >= 15 is 0 Å². The fourth-order valence-corrected chi connectivity index (χ4v) is 3.20. The number of amides is 1. The zero-order valence-electron chi connectivity index (χ0n) is 16.8. The van der Waals surface area contributed by atoms with Crippen LogP contribution in [0.3, 0.4) is 0 Å². The van der Waals surface area contributed by atoms with Gasteiger partial charge >= 0.3 is 0 Å². The number of carbonyl (C=O) groups is 1. The van der Waals surface area contributed by atoms with Crippen LogP contribution >= 0.6 is 0 Å². The molecule has 2 aromatic heterocycles. The number of hydrogen-bond donors (Lipinski definition) is 0. The molecular formula is C21H20N6O3. The molecule has 0 aliphatic carbocycles. The van der Waals surface area contributed by atoms with E-state index in [9.17, 15) is 4.79 Å². The number of ether oxygens (including phenoxy) is 1. The van der Waals surface area contributed by atoms with E-state index in [1.807, 2.05) is 43.3 Å². The van der Waals surface area contributed by atoms with Gasteiger partial charge in [-0.15, -0.1) is 5.10 Å². The summed E-state index contributed by atoms with van der Waals surface area (Å²) < 4.78 is 11.9. The molecule has 2 aromatic carbocycles. The Morgan fingerprint density at radius 3 is 2.73 bits per heavy atom. The number of methoxy groups -OCH3 is 1. The first kappa shape index (κ1) is 19.3. The maximum atomic E-state index is 13.3. The molecule has 0 aliphatic rings. The van der Waals surface area contributed by atoms with Crippen molar-refractivity contribution < 1.29 is 14.1 Å². The number of nitrogens with zero attached hydrogens (tertiary/aromatic N) is 6. The van der Waals surface area contributed by atoms with Gasteiger partial charge in [-0.05, 0) is 47.2 Å². The highest BCUT2D eigenvalue weighted by Gasteiger charge is 2.22. The monoisotopic (exact) mass is 404 g/mol. The first-order chi connectivity index (χ1) is 14.6. The Kier molecular flexibility index (Phi) is 5.25. The lowest BCUT2D eigenvalue weighted by Crippen LogP contribution is -2.30. The summed E-state index contributed by atoms with van der Waals surface area (Å²) in [6, 6.07) is 14.6. The Hall–Kier alpha value is -4.01. The highest BCUT2D eigenvalue weighted by Crippen LogP contribution is 2.32. The molecule has 0 radical (unpaired) electrons. The number of benzene rings is 2. The zero-order chi connectivity index (χ0) is 21.1. The molecule has 2 heterocycles. The molecular weight excluding hydrogens is 384 g/mol. The standard InChI is InChI=1S/C21H20N6O3/c1-14(19-8-9-30-23-19)26(2)21(28)16-10-15(18-6-4-5-7-20(18)29-3)11-17(12-16)27-13-22-24-25-27/h4-14H,1-3H3. The van der Waals surface area contributed by atoms with Crippen molar-refractivity contribution in [3.8, 4) is 22.6 Å². The Morgan fingerprint density at radius 1 is 1.20 bits per heavy atom. The molecule has 30 heavy (non-hydrogen) atoms. The van der Waals surface area contributed by atoms with Gasteiger partial charge in [-0.3, -0.25) is 4.79 Å². The van der Waals surface area contributed by atoms with E-state index in [1.165, 1.54) is 17.3 Å². The van der Waals surface area contributed by atoms with Gasteiger partial charge in [-0.1, -0.05) is 23.4 Å². The van der Waals surface area contributed by atoms with E-state index in [-0.39, 0.29) is 11.9 Å². The predicted molar refractivity (Wildman–Crippen MR) is 108 cm³/mol. The molecule has 0 saturated heterocycles. The Balaban J connectivity index is 1.79. The van der Waals surface area contributed by atoms with Crippen LogP contribution in [0, 0.1) is 0 Å². The highest BCUT2D eigenvalue weighted by molar-refractivity contribution is 5.96. The van der Waals surface area contributed by atoms with Crippen LogP contribution in [-0.2, 0) is 0 Å². The normalized spacial score (nSPS) is 11.8. The van der Waals surface area contributed by atoms with Gasteiger partial charge in [0, 0.05) is 24.2 Å². The number of rotatable bonds is 6. The second-order valence-corrected chi connectivity index (χ2v) is 6.74. The van der Waals surface area contributed by atoms with Crippen LogP contribution in [0.1, 0.15) is 29.0 Å².